The summed E-state index contributed by atoms with van der Waals surface area (Å²) in [4.78, 5) is 13.2. The van der Waals surface area contributed by atoms with Crippen LogP contribution in [0.5, 0.6) is 0 Å². The Labute approximate surface area is 159 Å². The van der Waals surface area contributed by atoms with E-state index in [1.54, 1.807) is 0 Å². The van der Waals surface area contributed by atoms with Gasteiger partial charge in [0, 0.05) is 12.3 Å². The second kappa shape index (κ2) is 6.47. The Bertz CT molecular complexity index is 583. The highest BCUT2D eigenvalue weighted by molar-refractivity contribution is 5.85. The summed E-state index contributed by atoms with van der Waals surface area (Å²) >= 11 is 0. The maximum atomic E-state index is 13.2. The fourth-order valence-electron chi connectivity index (χ4n) is 8.35. The highest BCUT2D eigenvalue weighted by atomic mass is 16.3. The zero-order valence-electron chi connectivity index (χ0n) is 17.0. The molecule has 2 heteroatoms. The van der Waals surface area contributed by atoms with Crippen LogP contribution in [-0.4, -0.2) is 17.0 Å². The first-order chi connectivity index (χ1) is 12.3. The van der Waals surface area contributed by atoms with Crippen molar-refractivity contribution in [1.29, 1.82) is 0 Å². The molecule has 0 unspecified atom stereocenters. The summed E-state index contributed by atoms with van der Waals surface area (Å²) in [5.74, 6) is 3.94. The van der Waals surface area contributed by atoms with Gasteiger partial charge in [-0.3, -0.25) is 4.79 Å². The van der Waals surface area contributed by atoms with Gasteiger partial charge in [-0.2, -0.15) is 0 Å². The molecule has 4 saturated carbocycles. The van der Waals surface area contributed by atoms with E-state index in [1.807, 2.05) is 6.08 Å². The van der Waals surface area contributed by atoms with Crippen molar-refractivity contribution in [2.45, 2.75) is 84.7 Å². The predicted octanol–water partition coefficient (Wildman–Crippen LogP) is 5.40. The summed E-state index contributed by atoms with van der Waals surface area (Å²) < 4.78 is 0. The molecule has 0 bridgehead atoms. The minimum Gasteiger partial charge on any atom is -0.393 e. The molecule has 0 aromatic rings. The van der Waals surface area contributed by atoms with Gasteiger partial charge in [-0.25, -0.2) is 0 Å². The molecule has 0 spiro atoms. The van der Waals surface area contributed by atoms with E-state index in [-0.39, 0.29) is 11.5 Å². The van der Waals surface area contributed by atoms with Gasteiger partial charge in [-0.05, 0) is 91.8 Å². The number of allylic oxidation sites excluding steroid dienone is 1. The summed E-state index contributed by atoms with van der Waals surface area (Å²) in [5.41, 5.74) is 0.562. The summed E-state index contributed by atoms with van der Waals surface area (Å²) in [6, 6.07) is 0. The molecular weight excluding hydrogens is 320 g/mol. The smallest absolute Gasteiger partial charge is 0.137 e. The van der Waals surface area contributed by atoms with Crippen LogP contribution >= 0.6 is 0 Å². The Kier molecular flexibility index (Phi) is 4.66. The number of ketones is 1. The Hall–Kier alpha value is -0.630. The molecule has 0 aliphatic heterocycles. The third-order valence-corrected chi connectivity index (χ3v) is 9.69. The quantitative estimate of drug-likeness (QED) is 0.686. The number of rotatable bonds is 3. The average molecular weight is 359 g/mol. The van der Waals surface area contributed by atoms with Crippen molar-refractivity contribution in [2.75, 3.05) is 0 Å². The van der Waals surface area contributed by atoms with Crippen molar-refractivity contribution in [3.05, 3.63) is 12.7 Å². The van der Waals surface area contributed by atoms with Crippen LogP contribution in [0.4, 0.5) is 0 Å². The molecule has 2 nitrogen and oxygen atoms in total. The molecule has 146 valence electrons. The van der Waals surface area contributed by atoms with Crippen molar-refractivity contribution in [2.24, 2.45) is 46.3 Å². The lowest BCUT2D eigenvalue weighted by molar-refractivity contribution is -0.146. The van der Waals surface area contributed by atoms with Gasteiger partial charge in [0.1, 0.15) is 5.78 Å². The molecule has 0 aromatic heterocycles. The van der Waals surface area contributed by atoms with Gasteiger partial charge in [0.05, 0.1) is 6.10 Å². The number of carbonyl (C=O) groups is 1. The molecule has 4 rings (SSSR count). The van der Waals surface area contributed by atoms with E-state index in [4.69, 9.17) is 0 Å². The molecule has 0 radical (unpaired) electrons. The van der Waals surface area contributed by atoms with Gasteiger partial charge in [0.2, 0.25) is 0 Å². The van der Waals surface area contributed by atoms with Crippen LogP contribution in [0.15, 0.2) is 12.7 Å². The van der Waals surface area contributed by atoms with Crippen LogP contribution in [0.1, 0.15) is 78.6 Å². The molecule has 0 saturated heterocycles. The third-order valence-electron chi connectivity index (χ3n) is 9.69. The van der Waals surface area contributed by atoms with E-state index in [0.717, 1.165) is 32.1 Å². The van der Waals surface area contributed by atoms with E-state index in [1.165, 1.54) is 25.7 Å². The lowest BCUT2D eigenvalue weighted by Crippen LogP contribution is -2.55. The normalized spacial score (nSPS) is 51.9. The largest absolute Gasteiger partial charge is 0.393 e. The van der Waals surface area contributed by atoms with Gasteiger partial charge >= 0.3 is 0 Å². The fourth-order valence-corrected chi connectivity index (χ4v) is 8.35. The zero-order chi connectivity index (χ0) is 18.7. The minimum absolute atomic E-state index is 0.0873. The third kappa shape index (κ3) is 2.58. The Morgan fingerprint density at radius 3 is 2.65 bits per heavy atom. The van der Waals surface area contributed by atoms with Crippen molar-refractivity contribution < 1.29 is 9.90 Å². The molecule has 26 heavy (non-hydrogen) atoms. The van der Waals surface area contributed by atoms with E-state index < -0.39 is 0 Å². The summed E-state index contributed by atoms with van der Waals surface area (Å²) in [5, 5.41) is 10.2. The SMILES string of the molecule is C=CC[C@@H](C)[C@H]1CC(=O)[C@H]2[C@@H]3CC[C@H]4C[C@@H](O)CC[C@]4(C)[C@H]3CC[C@]12C. The molecular formula is C24H38O2. The standard InChI is InChI=1S/C24H38O2/c1-5-6-15(2)20-14-21(26)22-18-8-7-16-13-17(25)9-11-23(16,3)19(18)10-12-24(20,22)4/h5,15-20,22,25H,1,6-14H2,2-4H3/t15-,16+,17+,18-,19+,20-,22-,23+,24-/m1/s1. The van der Waals surface area contributed by atoms with Crippen molar-refractivity contribution in [3.63, 3.8) is 0 Å². The summed E-state index contributed by atoms with van der Waals surface area (Å²) in [6.07, 6.45) is 11.9. The number of Topliss-reactive ketones (excluding diaryl/α,β-unsaturated/α-hetero) is 1. The lowest BCUT2D eigenvalue weighted by atomic mass is 9.44. The highest BCUT2D eigenvalue weighted by Crippen LogP contribution is 2.67. The Balaban J connectivity index is 1.62. The fraction of sp³-hybridized carbons (Fsp3) is 0.875. The number of aliphatic hydroxyl groups is 1. The van der Waals surface area contributed by atoms with Crippen LogP contribution in [0.25, 0.3) is 0 Å². The zero-order valence-corrected chi connectivity index (χ0v) is 17.0. The maximum Gasteiger partial charge on any atom is 0.137 e. The minimum atomic E-state index is -0.0873. The van der Waals surface area contributed by atoms with Crippen LogP contribution in [0.2, 0.25) is 0 Å². The van der Waals surface area contributed by atoms with Gasteiger partial charge < -0.3 is 5.11 Å². The van der Waals surface area contributed by atoms with Crippen molar-refractivity contribution in [3.8, 4) is 0 Å². The van der Waals surface area contributed by atoms with Gasteiger partial charge in [-0.15, -0.1) is 6.58 Å². The second-order valence-corrected chi connectivity index (χ2v) is 10.8. The molecule has 0 aromatic carbocycles. The topological polar surface area (TPSA) is 37.3 Å². The monoisotopic (exact) mass is 358 g/mol. The van der Waals surface area contributed by atoms with E-state index in [0.29, 0.717) is 46.7 Å². The first kappa shape index (κ1) is 18.7. The van der Waals surface area contributed by atoms with E-state index in [2.05, 4.69) is 27.4 Å². The lowest BCUT2D eigenvalue weighted by Gasteiger charge is -2.60. The molecule has 0 heterocycles. The maximum absolute atomic E-state index is 13.2. The number of hydrogen-bond acceptors (Lipinski definition) is 2. The van der Waals surface area contributed by atoms with Crippen molar-refractivity contribution >= 4 is 5.78 Å². The molecule has 4 fully saturated rings. The van der Waals surface area contributed by atoms with E-state index in [9.17, 15) is 9.90 Å². The average Bonchev–Trinajstić information content (AvgIpc) is 2.87. The Morgan fingerprint density at radius 2 is 1.92 bits per heavy atom. The molecule has 1 N–H and O–H groups in total. The first-order valence-corrected chi connectivity index (χ1v) is 11.1. The molecule has 4 aliphatic carbocycles. The second-order valence-electron chi connectivity index (χ2n) is 10.8. The highest BCUT2D eigenvalue weighted by Gasteiger charge is 2.63. The van der Waals surface area contributed by atoms with Crippen LogP contribution < -0.4 is 0 Å². The van der Waals surface area contributed by atoms with Crippen LogP contribution in [-0.2, 0) is 4.79 Å². The van der Waals surface area contributed by atoms with Gasteiger partial charge in [0.15, 0.2) is 0 Å². The van der Waals surface area contributed by atoms with E-state index >= 15 is 0 Å². The van der Waals surface area contributed by atoms with Gasteiger partial charge in [0.25, 0.3) is 0 Å². The summed E-state index contributed by atoms with van der Waals surface area (Å²) in [6.45, 7) is 11.2. The molecule has 4 aliphatic rings. The van der Waals surface area contributed by atoms with Gasteiger partial charge in [-0.1, -0.05) is 26.8 Å². The van der Waals surface area contributed by atoms with Crippen molar-refractivity contribution in [1.82, 2.24) is 0 Å². The van der Waals surface area contributed by atoms with Crippen LogP contribution in [0, 0.1) is 46.3 Å². The summed E-state index contributed by atoms with van der Waals surface area (Å²) in [7, 11) is 0. The Morgan fingerprint density at radius 1 is 1.19 bits per heavy atom. The number of fused-ring (bicyclic) bond motifs is 5. The number of aliphatic hydroxyl groups excluding tert-OH is 1. The van der Waals surface area contributed by atoms with Crippen LogP contribution in [0.3, 0.4) is 0 Å². The molecule has 0 amide bonds. The molecule has 9 atom stereocenters. The number of hydrogen-bond donors (Lipinski definition) is 1. The first-order valence-electron chi connectivity index (χ1n) is 11.1. The predicted molar refractivity (Wildman–Crippen MR) is 106 cm³/mol. The number of carbonyl (C=O) groups excluding carboxylic acids is 1.